The number of para-hydroxylation sites is 3. The first kappa shape index (κ1) is 20.2. The molecule has 1 N–H and O–H groups in total. The number of nitrogens with zero attached hydrogens (tertiary/aromatic N) is 1. The van der Waals surface area contributed by atoms with Gasteiger partial charge in [0.2, 0.25) is 0 Å². The van der Waals surface area contributed by atoms with Crippen molar-refractivity contribution in [1.82, 2.24) is 10.2 Å². The molecule has 0 radical (unpaired) electrons. The number of ether oxygens (including phenoxy) is 2. The van der Waals surface area contributed by atoms with Gasteiger partial charge in [-0.15, -0.1) is 0 Å². The molecule has 0 unspecified atom stereocenters. The average Bonchev–Trinajstić information content (AvgIpc) is 2.74. The Labute approximate surface area is 167 Å². The zero-order valence-electron chi connectivity index (χ0n) is 16.8. The Morgan fingerprint density at radius 3 is 2.32 bits per heavy atom. The Morgan fingerprint density at radius 2 is 1.64 bits per heavy atom. The van der Waals surface area contributed by atoms with Crippen molar-refractivity contribution >= 4 is 5.91 Å². The molecule has 0 bridgehead atoms. The van der Waals surface area contributed by atoms with Crippen LogP contribution in [-0.4, -0.2) is 43.6 Å². The van der Waals surface area contributed by atoms with Crippen molar-refractivity contribution in [2.45, 2.75) is 26.7 Å². The highest BCUT2D eigenvalue weighted by Gasteiger charge is 2.25. The highest BCUT2D eigenvalue weighted by Crippen LogP contribution is 2.33. The zero-order valence-corrected chi connectivity index (χ0v) is 16.8. The van der Waals surface area contributed by atoms with Gasteiger partial charge in [0.25, 0.3) is 5.91 Å². The van der Waals surface area contributed by atoms with E-state index in [2.05, 4.69) is 12.2 Å². The Morgan fingerprint density at radius 1 is 1.00 bits per heavy atom. The number of carbonyl (C=O) groups excluding carboxylic acids is 1. The quantitative estimate of drug-likeness (QED) is 0.738. The van der Waals surface area contributed by atoms with E-state index in [0.717, 1.165) is 39.0 Å². The first-order valence-electron chi connectivity index (χ1n) is 10.2. The van der Waals surface area contributed by atoms with Crippen molar-refractivity contribution in [2.75, 3.05) is 32.8 Å². The van der Waals surface area contributed by atoms with Crippen molar-refractivity contribution in [1.29, 1.82) is 0 Å². The fourth-order valence-electron chi connectivity index (χ4n) is 3.52. The van der Waals surface area contributed by atoms with Gasteiger partial charge in [-0.1, -0.05) is 31.2 Å². The molecule has 1 aliphatic rings. The predicted octanol–water partition coefficient (Wildman–Crippen LogP) is 4.34. The van der Waals surface area contributed by atoms with Gasteiger partial charge in [-0.25, -0.2) is 0 Å². The number of rotatable bonds is 8. The smallest absolute Gasteiger partial charge is 0.257 e. The highest BCUT2D eigenvalue weighted by atomic mass is 16.5. The molecule has 0 aliphatic carbocycles. The molecule has 0 saturated carbocycles. The minimum atomic E-state index is 0.0337. The summed E-state index contributed by atoms with van der Waals surface area (Å²) in [5.74, 6) is 2.54. The summed E-state index contributed by atoms with van der Waals surface area (Å²) in [6.45, 7) is 8.23. The highest BCUT2D eigenvalue weighted by molar-refractivity contribution is 5.97. The molecule has 1 aliphatic heterocycles. The van der Waals surface area contributed by atoms with E-state index < -0.39 is 0 Å². The molecule has 2 aromatic carbocycles. The first-order valence-corrected chi connectivity index (χ1v) is 10.2. The second-order valence-electron chi connectivity index (χ2n) is 7.02. The average molecular weight is 383 g/mol. The molecule has 0 atom stereocenters. The Bertz CT molecular complexity index is 770. The van der Waals surface area contributed by atoms with E-state index in [1.165, 1.54) is 0 Å². The maximum atomic E-state index is 13.1. The lowest BCUT2D eigenvalue weighted by atomic mass is 9.96. The summed E-state index contributed by atoms with van der Waals surface area (Å²) in [5, 5.41) is 3.41. The van der Waals surface area contributed by atoms with Crippen LogP contribution >= 0.6 is 0 Å². The molecule has 0 spiro atoms. The predicted molar refractivity (Wildman–Crippen MR) is 111 cm³/mol. The van der Waals surface area contributed by atoms with Crippen LogP contribution in [0, 0.1) is 5.92 Å². The molecule has 28 heavy (non-hydrogen) atoms. The van der Waals surface area contributed by atoms with Gasteiger partial charge in [0.05, 0.1) is 12.2 Å². The Hall–Kier alpha value is -2.53. The van der Waals surface area contributed by atoms with Crippen LogP contribution in [0.2, 0.25) is 0 Å². The number of hydrogen-bond acceptors (Lipinski definition) is 4. The topological polar surface area (TPSA) is 50.8 Å². The summed E-state index contributed by atoms with van der Waals surface area (Å²) < 4.78 is 11.7. The molecule has 1 amide bonds. The number of carbonyl (C=O) groups is 1. The van der Waals surface area contributed by atoms with Crippen LogP contribution in [0.25, 0.3) is 0 Å². The Balaban J connectivity index is 1.71. The van der Waals surface area contributed by atoms with Crippen molar-refractivity contribution in [2.24, 2.45) is 5.92 Å². The lowest BCUT2D eigenvalue weighted by Gasteiger charge is -2.32. The largest absolute Gasteiger partial charge is 0.490 e. The van der Waals surface area contributed by atoms with E-state index in [1.54, 1.807) is 0 Å². The van der Waals surface area contributed by atoms with Crippen LogP contribution in [-0.2, 0) is 0 Å². The van der Waals surface area contributed by atoms with Gasteiger partial charge in [0, 0.05) is 13.1 Å². The minimum Gasteiger partial charge on any atom is -0.490 e. The SMILES string of the molecule is CCNCC1CCN(C(=O)c2ccccc2Oc2ccccc2OCC)CC1. The second-order valence-corrected chi connectivity index (χ2v) is 7.02. The van der Waals surface area contributed by atoms with Gasteiger partial charge < -0.3 is 19.7 Å². The van der Waals surface area contributed by atoms with Gasteiger partial charge in [0.15, 0.2) is 11.5 Å². The van der Waals surface area contributed by atoms with Crippen molar-refractivity contribution < 1.29 is 14.3 Å². The molecule has 5 heteroatoms. The molecular formula is C23H30N2O3. The van der Waals surface area contributed by atoms with Gasteiger partial charge in [-0.3, -0.25) is 4.79 Å². The van der Waals surface area contributed by atoms with Crippen LogP contribution < -0.4 is 14.8 Å². The fourth-order valence-corrected chi connectivity index (χ4v) is 3.52. The molecule has 3 rings (SSSR count). The summed E-state index contributed by atoms with van der Waals surface area (Å²) in [5.41, 5.74) is 0.596. The van der Waals surface area contributed by atoms with Crippen LogP contribution in [0.4, 0.5) is 0 Å². The number of nitrogens with one attached hydrogen (secondary N) is 1. The lowest BCUT2D eigenvalue weighted by molar-refractivity contribution is 0.0687. The molecule has 1 fully saturated rings. The fraction of sp³-hybridized carbons (Fsp3) is 0.435. The molecule has 5 nitrogen and oxygen atoms in total. The van der Waals surface area contributed by atoms with E-state index >= 15 is 0 Å². The molecule has 0 aromatic heterocycles. The van der Waals surface area contributed by atoms with Crippen molar-refractivity contribution in [3.63, 3.8) is 0 Å². The monoisotopic (exact) mass is 382 g/mol. The normalized spacial score (nSPS) is 14.7. The number of amides is 1. The van der Waals surface area contributed by atoms with Crippen LogP contribution in [0.3, 0.4) is 0 Å². The van der Waals surface area contributed by atoms with E-state index in [1.807, 2.05) is 60.4 Å². The van der Waals surface area contributed by atoms with E-state index in [9.17, 15) is 4.79 Å². The van der Waals surface area contributed by atoms with Gasteiger partial charge in [0.1, 0.15) is 5.75 Å². The zero-order chi connectivity index (χ0) is 19.8. The number of hydrogen-bond donors (Lipinski definition) is 1. The van der Waals surface area contributed by atoms with Gasteiger partial charge in [-0.2, -0.15) is 0 Å². The van der Waals surface area contributed by atoms with Gasteiger partial charge >= 0.3 is 0 Å². The van der Waals surface area contributed by atoms with Gasteiger partial charge in [-0.05, 0) is 63.0 Å². The number of likely N-dealkylation sites (tertiary alicyclic amines) is 1. The van der Waals surface area contributed by atoms with Crippen LogP contribution in [0.5, 0.6) is 17.2 Å². The van der Waals surface area contributed by atoms with Crippen LogP contribution in [0.15, 0.2) is 48.5 Å². The molecule has 2 aromatic rings. The summed E-state index contributed by atoms with van der Waals surface area (Å²) in [6, 6.07) is 15.0. The lowest BCUT2D eigenvalue weighted by Crippen LogP contribution is -2.40. The molecular weight excluding hydrogens is 352 g/mol. The summed E-state index contributed by atoms with van der Waals surface area (Å²) >= 11 is 0. The number of piperidine rings is 1. The van der Waals surface area contributed by atoms with Crippen molar-refractivity contribution in [3.8, 4) is 17.2 Å². The summed E-state index contributed by atoms with van der Waals surface area (Å²) in [6.07, 6.45) is 2.07. The van der Waals surface area contributed by atoms with Crippen molar-refractivity contribution in [3.05, 3.63) is 54.1 Å². The molecule has 1 saturated heterocycles. The number of benzene rings is 2. The maximum absolute atomic E-state index is 13.1. The minimum absolute atomic E-state index is 0.0337. The first-order chi connectivity index (χ1) is 13.7. The summed E-state index contributed by atoms with van der Waals surface area (Å²) in [7, 11) is 0. The Kier molecular flexibility index (Phi) is 7.31. The summed E-state index contributed by atoms with van der Waals surface area (Å²) in [4.78, 5) is 15.1. The molecule has 1 heterocycles. The molecule has 150 valence electrons. The van der Waals surface area contributed by atoms with Crippen LogP contribution in [0.1, 0.15) is 37.0 Å². The van der Waals surface area contributed by atoms with E-state index in [-0.39, 0.29) is 5.91 Å². The second kappa shape index (κ2) is 10.1. The third-order valence-corrected chi connectivity index (χ3v) is 5.07. The van der Waals surface area contributed by atoms with E-state index in [4.69, 9.17) is 9.47 Å². The standard InChI is InChI=1S/C23H30N2O3/c1-3-24-17-18-13-15-25(16-14-18)23(26)19-9-5-6-10-20(19)28-22-12-8-7-11-21(22)27-4-2/h5-12,18,24H,3-4,13-17H2,1-2H3. The third-order valence-electron chi connectivity index (χ3n) is 5.07. The van der Waals surface area contributed by atoms with E-state index in [0.29, 0.717) is 35.3 Å². The third kappa shape index (κ3) is 5.04. The maximum Gasteiger partial charge on any atom is 0.257 e.